The summed E-state index contributed by atoms with van der Waals surface area (Å²) in [4.78, 5) is 14.3. The van der Waals surface area contributed by atoms with Crippen molar-refractivity contribution in [3.8, 4) is 0 Å². The van der Waals surface area contributed by atoms with Gasteiger partial charge in [0.2, 0.25) is 5.91 Å². The number of amides is 1. The van der Waals surface area contributed by atoms with Gasteiger partial charge in [-0.05, 0) is 33.0 Å². The van der Waals surface area contributed by atoms with E-state index in [-0.39, 0.29) is 18.0 Å². The Bertz CT molecular complexity index is 422. The van der Waals surface area contributed by atoms with E-state index in [1.54, 1.807) is 0 Å². The normalized spacial score (nSPS) is 14.0. The molecule has 0 aliphatic carbocycles. The second-order valence-corrected chi connectivity index (χ2v) is 4.75. The first-order valence-electron chi connectivity index (χ1n) is 5.80. The maximum Gasteiger partial charge on any atom is 0.241 e. The lowest BCUT2D eigenvalue weighted by Gasteiger charge is -2.29. The molecule has 2 atom stereocenters. The van der Waals surface area contributed by atoms with Gasteiger partial charge in [0.05, 0.1) is 17.1 Å². The highest BCUT2D eigenvalue weighted by Crippen LogP contribution is 2.09. The molecule has 0 fully saturated rings. The number of thiocarbonyl (C=S) groups is 1. The molecule has 18 heavy (non-hydrogen) atoms. The quantitative estimate of drug-likeness (QED) is 0.794. The zero-order valence-electron chi connectivity index (χ0n) is 10.9. The number of carbonyl (C=O) groups excluding carboxylic acids is 1. The van der Waals surface area contributed by atoms with Gasteiger partial charge in [-0.25, -0.2) is 0 Å². The third-order valence-corrected chi connectivity index (χ3v) is 3.40. The molecule has 0 saturated heterocycles. The van der Waals surface area contributed by atoms with Crippen LogP contribution < -0.4 is 11.1 Å². The van der Waals surface area contributed by atoms with Gasteiger partial charge in [0.15, 0.2) is 0 Å². The number of likely N-dealkylation sites (N-methyl/N-ethyl adjacent to an activating group) is 1. The minimum absolute atomic E-state index is 0.0770. The third kappa shape index (κ3) is 3.78. The SMILES string of the molecule is CC(C(=O)Nc1ccccc1)N(C)C(C)C(N)=S. The summed E-state index contributed by atoms with van der Waals surface area (Å²) >= 11 is 4.93. The minimum atomic E-state index is -0.304. The Labute approximate surface area is 113 Å². The van der Waals surface area contributed by atoms with E-state index < -0.39 is 0 Å². The Hall–Kier alpha value is -1.46. The van der Waals surface area contributed by atoms with Crippen LogP contribution in [0.5, 0.6) is 0 Å². The van der Waals surface area contributed by atoms with Crippen LogP contribution in [-0.4, -0.2) is 34.9 Å². The van der Waals surface area contributed by atoms with Gasteiger partial charge in [0, 0.05) is 5.69 Å². The van der Waals surface area contributed by atoms with E-state index in [1.165, 1.54) is 0 Å². The second kappa shape index (κ2) is 6.47. The fourth-order valence-corrected chi connectivity index (χ4v) is 1.66. The zero-order valence-corrected chi connectivity index (χ0v) is 11.7. The van der Waals surface area contributed by atoms with Crippen molar-refractivity contribution in [2.24, 2.45) is 5.73 Å². The van der Waals surface area contributed by atoms with Crippen molar-refractivity contribution in [1.82, 2.24) is 4.90 Å². The number of nitrogens with two attached hydrogens (primary N) is 1. The van der Waals surface area contributed by atoms with Gasteiger partial charge >= 0.3 is 0 Å². The van der Waals surface area contributed by atoms with E-state index in [2.05, 4.69) is 5.32 Å². The van der Waals surface area contributed by atoms with Crippen molar-refractivity contribution < 1.29 is 4.79 Å². The van der Waals surface area contributed by atoms with E-state index in [4.69, 9.17) is 18.0 Å². The molecule has 0 saturated carbocycles. The molecule has 0 spiro atoms. The molecule has 1 aromatic carbocycles. The number of nitrogens with one attached hydrogen (secondary N) is 1. The average Bonchev–Trinajstić information content (AvgIpc) is 2.37. The van der Waals surface area contributed by atoms with Gasteiger partial charge in [-0.2, -0.15) is 0 Å². The molecular formula is C13H19N3OS. The zero-order chi connectivity index (χ0) is 13.7. The number of rotatable bonds is 5. The van der Waals surface area contributed by atoms with Gasteiger partial charge in [-0.3, -0.25) is 9.69 Å². The molecule has 0 heterocycles. The molecule has 2 unspecified atom stereocenters. The smallest absolute Gasteiger partial charge is 0.241 e. The lowest BCUT2D eigenvalue weighted by atomic mass is 10.2. The van der Waals surface area contributed by atoms with E-state index in [1.807, 2.05) is 56.1 Å². The van der Waals surface area contributed by atoms with Crippen molar-refractivity contribution in [1.29, 1.82) is 0 Å². The second-order valence-electron chi connectivity index (χ2n) is 4.28. The summed E-state index contributed by atoms with van der Waals surface area (Å²) in [6, 6.07) is 8.94. The molecule has 0 radical (unpaired) electrons. The van der Waals surface area contributed by atoms with Gasteiger partial charge in [-0.15, -0.1) is 0 Å². The first-order chi connectivity index (χ1) is 8.43. The van der Waals surface area contributed by atoms with Crippen molar-refractivity contribution in [3.05, 3.63) is 30.3 Å². The third-order valence-electron chi connectivity index (χ3n) is 3.05. The highest BCUT2D eigenvalue weighted by Gasteiger charge is 2.23. The van der Waals surface area contributed by atoms with E-state index in [0.29, 0.717) is 4.99 Å². The molecule has 0 aliphatic heterocycles. The summed E-state index contributed by atoms with van der Waals surface area (Å²) in [6.45, 7) is 3.71. The molecule has 3 N–H and O–H groups in total. The number of carbonyl (C=O) groups is 1. The van der Waals surface area contributed by atoms with Crippen LogP contribution in [0, 0.1) is 0 Å². The van der Waals surface area contributed by atoms with Crippen LogP contribution in [-0.2, 0) is 4.79 Å². The fourth-order valence-electron chi connectivity index (χ4n) is 1.49. The molecule has 1 rings (SSSR count). The number of anilines is 1. The minimum Gasteiger partial charge on any atom is -0.392 e. The van der Waals surface area contributed by atoms with Crippen molar-refractivity contribution in [3.63, 3.8) is 0 Å². The average molecular weight is 265 g/mol. The summed E-state index contributed by atoms with van der Waals surface area (Å²) < 4.78 is 0. The molecule has 0 aromatic heterocycles. The molecule has 0 aliphatic rings. The van der Waals surface area contributed by atoms with Gasteiger partial charge in [0.1, 0.15) is 0 Å². The molecular weight excluding hydrogens is 246 g/mol. The summed E-state index contributed by atoms with van der Waals surface area (Å²) in [5.41, 5.74) is 6.37. The first kappa shape index (κ1) is 14.6. The Morgan fingerprint density at radius 1 is 1.28 bits per heavy atom. The maximum atomic E-state index is 12.0. The van der Waals surface area contributed by atoms with Crippen LogP contribution in [0.4, 0.5) is 5.69 Å². The van der Waals surface area contributed by atoms with Crippen molar-refractivity contribution in [2.75, 3.05) is 12.4 Å². The highest BCUT2D eigenvalue weighted by molar-refractivity contribution is 7.80. The first-order valence-corrected chi connectivity index (χ1v) is 6.21. The predicted octanol–water partition coefficient (Wildman–Crippen LogP) is 1.62. The summed E-state index contributed by atoms with van der Waals surface area (Å²) in [5, 5.41) is 2.85. The number of benzene rings is 1. The van der Waals surface area contributed by atoms with Gasteiger partial charge in [-0.1, -0.05) is 30.4 Å². The monoisotopic (exact) mass is 265 g/mol. The number of nitrogens with zero attached hydrogens (tertiary/aromatic N) is 1. The van der Waals surface area contributed by atoms with Crippen LogP contribution in [0.25, 0.3) is 0 Å². The highest BCUT2D eigenvalue weighted by atomic mass is 32.1. The Kier molecular flexibility index (Phi) is 5.25. The summed E-state index contributed by atoms with van der Waals surface area (Å²) in [5.74, 6) is -0.0770. The topological polar surface area (TPSA) is 58.4 Å². The predicted molar refractivity (Wildman–Crippen MR) is 78.5 cm³/mol. The Morgan fingerprint density at radius 3 is 2.33 bits per heavy atom. The lowest BCUT2D eigenvalue weighted by molar-refractivity contribution is -0.120. The van der Waals surface area contributed by atoms with Crippen LogP contribution in [0.15, 0.2) is 30.3 Å². The molecule has 4 nitrogen and oxygen atoms in total. The summed E-state index contributed by atoms with van der Waals surface area (Å²) in [7, 11) is 1.83. The fraction of sp³-hybridized carbons (Fsp3) is 0.385. The molecule has 1 amide bonds. The Balaban J connectivity index is 2.64. The van der Waals surface area contributed by atoms with Crippen LogP contribution in [0.3, 0.4) is 0 Å². The van der Waals surface area contributed by atoms with Gasteiger partial charge < -0.3 is 11.1 Å². The number of para-hydroxylation sites is 1. The molecule has 5 heteroatoms. The van der Waals surface area contributed by atoms with Crippen LogP contribution in [0.1, 0.15) is 13.8 Å². The Morgan fingerprint density at radius 2 is 1.83 bits per heavy atom. The molecule has 1 aromatic rings. The van der Waals surface area contributed by atoms with Crippen molar-refractivity contribution in [2.45, 2.75) is 25.9 Å². The van der Waals surface area contributed by atoms with Crippen LogP contribution >= 0.6 is 12.2 Å². The maximum absolute atomic E-state index is 12.0. The van der Waals surface area contributed by atoms with Crippen molar-refractivity contribution >= 4 is 28.8 Å². The lowest BCUT2D eigenvalue weighted by Crippen LogP contribution is -2.48. The van der Waals surface area contributed by atoms with E-state index in [0.717, 1.165) is 5.69 Å². The summed E-state index contributed by atoms with van der Waals surface area (Å²) in [6.07, 6.45) is 0. The van der Waals surface area contributed by atoms with Crippen LogP contribution in [0.2, 0.25) is 0 Å². The number of hydrogen-bond acceptors (Lipinski definition) is 3. The van der Waals surface area contributed by atoms with E-state index in [9.17, 15) is 4.79 Å². The molecule has 0 bridgehead atoms. The molecule has 98 valence electrons. The number of hydrogen-bond donors (Lipinski definition) is 2. The van der Waals surface area contributed by atoms with Gasteiger partial charge in [0.25, 0.3) is 0 Å². The standard InChI is InChI=1S/C13H19N3OS/c1-9(12(14)18)16(3)10(2)13(17)15-11-7-5-4-6-8-11/h4-10H,1-3H3,(H2,14,18)(H,15,17). The largest absolute Gasteiger partial charge is 0.392 e. The van der Waals surface area contributed by atoms with E-state index >= 15 is 0 Å².